The number of rotatable bonds is 5. The summed E-state index contributed by atoms with van der Waals surface area (Å²) >= 11 is 6.28. The van der Waals surface area contributed by atoms with Crippen molar-refractivity contribution in [1.82, 2.24) is 29.7 Å². The molecule has 1 aliphatic carbocycles. The number of allylic oxidation sites excluding steroid dienone is 1. The monoisotopic (exact) mass is 589 g/mol. The largest absolute Gasteiger partial charge is 0.356 e. The normalized spacial score (nSPS) is 20.9. The Bertz CT molecular complexity index is 2080. The zero-order valence-corrected chi connectivity index (χ0v) is 22.6. The van der Waals surface area contributed by atoms with Crippen LogP contribution in [0.1, 0.15) is 54.0 Å². The third-order valence-corrected chi connectivity index (χ3v) is 8.48. The Labute approximate surface area is 239 Å². The minimum absolute atomic E-state index is 0.0189. The fraction of sp³-hybridized carbons (Fsp3) is 0.241. The van der Waals surface area contributed by atoms with Gasteiger partial charge in [-0.3, -0.25) is 9.36 Å². The van der Waals surface area contributed by atoms with Gasteiger partial charge in [0, 0.05) is 45.7 Å². The van der Waals surface area contributed by atoms with Crippen molar-refractivity contribution in [2.45, 2.75) is 38.2 Å². The fourth-order valence-corrected chi connectivity index (χ4v) is 6.35. The van der Waals surface area contributed by atoms with Crippen molar-refractivity contribution in [3.63, 3.8) is 0 Å². The zero-order valence-electron chi connectivity index (χ0n) is 21.8. The zero-order chi connectivity index (χ0) is 28.9. The van der Waals surface area contributed by atoms with E-state index in [-0.39, 0.29) is 23.8 Å². The van der Waals surface area contributed by atoms with Gasteiger partial charge in [0.1, 0.15) is 11.5 Å². The van der Waals surface area contributed by atoms with Crippen LogP contribution in [0.25, 0.3) is 33.5 Å². The highest BCUT2D eigenvalue weighted by molar-refractivity contribution is 6.31. The molecule has 0 radical (unpaired) electrons. The Morgan fingerprint density at radius 1 is 1.14 bits per heavy atom. The summed E-state index contributed by atoms with van der Waals surface area (Å²) in [6.07, 6.45) is -0.608. The second kappa shape index (κ2) is 8.96. The number of fused-ring (bicyclic) bond motifs is 4. The van der Waals surface area contributed by atoms with Crippen LogP contribution in [0, 0.1) is 12.8 Å². The van der Waals surface area contributed by atoms with E-state index in [1.807, 2.05) is 19.1 Å². The molecule has 5 heterocycles. The Morgan fingerprint density at radius 2 is 2.00 bits per heavy atom. The molecule has 3 atom stereocenters. The van der Waals surface area contributed by atoms with Gasteiger partial charge in [-0.1, -0.05) is 28.0 Å². The van der Waals surface area contributed by atoms with Crippen molar-refractivity contribution in [3.05, 3.63) is 92.8 Å². The molecule has 0 amide bonds. The van der Waals surface area contributed by atoms with Crippen LogP contribution in [-0.2, 0) is 0 Å². The highest BCUT2D eigenvalue weighted by atomic mass is 35.5. The molecule has 0 N–H and O–H groups in total. The number of aryl methyl sites for hydroxylation is 1. The standard InChI is InChI=1S/C29H19ClF3N7O2/c1-12-15-4-2-13(6-24(15)42-37-12)16-9-21(34-28(16)33)26-17-8-18(17)29-35-20(10-25(41)40(26)29)19-7-14(30)3-5-23(19)39-11-22(27(31)32)36-38-39/h2-7,10-11,17-18,26-27H,8-9H2,1H3. The van der Waals surface area contributed by atoms with E-state index in [9.17, 15) is 13.6 Å². The van der Waals surface area contributed by atoms with Gasteiger partial charge in [0.05, 0.1) is 29.3 Å². The van der Waals surface area contributed by atoms with E-state index in [1.54, 1.807) is 28.8 Å². The first kappa shape index (κ1) is 25.2. The number of hydrogen-bond acceptors (Lipinski definition) is 7. The summed E-state index contributed by atoms with van der Waals surface area (Å²) in [5.74, 6) is 0.0998. The molecule has 2 aromatic carbocycles. The summed E-state index contributed by atoms with van der Waals surface area (Å²) in [5, 5.41) is 12.6. The lowest BCUT2D eigenvalue weighted by Gasteiger charge is -2.19. The van der Waals surface area contributed by atoms with Crippen molar-refractivity contribution in [3.8, 4) is 16.9 Å². The fourth-order valence-electron chi connectivity index (χ4n) is 6.17. The molecular weight excluding hydrogens is 571 g/mol. The Morgan fingerprint density at radius 3 is 2.81 bits per heavy atom. The summed E-state index contributed by atoms with van der Waals surface area (Å²) in [6.45, 7) is 1.84. The molecule has 3 aliphatic rings. The molecule has 3 aromatic heterocycles. The van der Waals surface area contributed by atoms with Crippen molar-refractivity contribution in [1.29, 1.82) is 0 Å². The topological polar surface area (TPSA) is 104 Å². The molecule has 0 saturated heterocycles. The molecule has 3 unspecified atom stereocenters. The minimum atomic E-state index is -2.78. The predicted octanol–water partition coefficient (Wildman–Crippen LogP) is 6.37. The van der Waals surface area contributed by atoms with Gasteiger partial charge in [0.25, 0.3) is 12.0 Å². The molecule has 1 saturated carbocycles. The van der Waals surface area contributed by atoms with Crippen molar-refractivity contribution >= 4 is 33.9 Å². The van der Waals surface area contributed by atoms with E-state index in [0.717, 1.165) is 23.7 Å². The van der Waals surface area contributed by atoms with Gasteiger partial charge in [-0.15, -0.1) is 5.10 Å². The van der Waals surface area contributed by atoms with Crippen LogP contribution >= 0.6 is 11.6 Å². The number of alkyl halides is 2. The Kier molecular flexibility index (Phi) is 5.37. The third-order valence-electron chi connectivity index (χ3n) is 8.24. The second-order valence-corrected chi connectivity index (χ2v) is 11.2. The first-order chi connectivity index (χ1) is 20.3. The molecule has 13 heteroatoms. The summed E-state index contributed by atoms with van der Waals surface area (Å²) < 4.78 is 49.8. The lowest BCUT2D eigenvalue weighted by Crippen LogP contribution is -2.30. The van der Waals surface area contributed by atoms with Crippen molar-refractivity contribution in [2.75, 3.05) is 0 Å². The van der Waals surface area contributed by atoms with E-state index in [0.29, 0.717) is 50.2 Å². The van der Waals surface area contributed by atoms with E-state index in [4.69, 9.17) is 21.1 Å². The van der Waals surface area contributed by atoms with Crippen LogP contribution in [-0.4, -0.2) is 35.4 Å². The summed E-state index contributed by atoms with van der Waals surface area (Å²) in [4.78, 5) is 22.8. The van der Waals surface area contributed by atoms with Crippen LogP contribution in [0.3, 0.4) is 0 Å². The quantitative estimate of drug-likeness (QED) is 0.221. The number of aliphatic imine (C=N–C) groups is 1. The van der Waals surface area contributed by atoms with Crippen LogP contribution in [0.5, 0.6) is 0 Å². The molecular formula is C29H19ClF3N7O2. The molecule has 1 fully saturated rings. The van der Waals surface area contributed by atoms with Gasteiger partial charge in [0.2, 0.25) is 5.95 Å². The van der Waals surface area contributed by atoms with Crippen LogP contribution in [0.15, 0.2) is 68.9 Å². The summed E-state index contributed by atoms with van der Waals surface area (Å²) in [6, 6.07) is 11.2. The highest BCUT2D eigenvalue weighted by Crippen LogP contribution is 2.60. The van der Waals surface area contributed by atoms with Gasteiger partial charge < -0.3 is 4.52 Å². The van der Waals surface area contributed by atoms with Gasteiger partial charge in [0.15, 0.2) is 5.58 Å². The van der Waals surface area contributed by atoms with Gasteiger partial charge in [-0.05, 0) is 55.2 Å². The Hall–Kier alpha value is -4.58. The van der Waals surface area contributed by atoms with Crippen molar-refractivity contribution in [2.24, 2.45) is 10.9 Å². The van der Waals surface area contributed by atoms with E-state index >= 15 is 4.39 Å². The van der Waals surface area contributed by atoms with Crippen LogP contribution in [0.4, 0.5) is 13.2 Å². The van der Waals surface area contributed by atoms with Crippen LogP contribution in [0.2, 0.25) is 5.02 Å². The lowest BCUT2D eigenvalue weighted by atomic mass is 9.97. The number of halogens is 4. The second-order valence-electron chi connectivity index (χ2n) is 10.7. The molecule has 0 spiro atoms. The Balaban J connectivity index is 1.15. The molecule has 5 aromatic rings. The van der Waals surface area contributed by atoms with Crippen molar-refractivity contribution < 1.29 is 17.7 Å². The molecule has 210 valence electrons. The number of nitrogens with zero attached hydrogens (tertiary/aromatic N) is 7. The van der Waals surface area contributed by atoms with E-state index in [1.165, 1.54) is 10.7 Å². The highest BCUT2D eigenvalue weighted by Gasteiger charge is 2.56. The maximum absolute atomic E-state index is 15.3. The van der Waals surface area contributed by atoms with E-state index in [2.05, 4.69) is 20.5 Å². The number of aromatic nitrogens is 6. The molecule has 42 heavy (non-hydrogen) atoms. The van der Waals surface area contributed by atoms with E-state index < -0.39 is 24.1 Å². The minimum Gasteiger partial charge on any atom is -0.356 e. The molecule has 0 bridgehead atoms. The average Bonchev–Trinajstić information content (AvgIpc) is 3.30. The van der Waals surface area contributed by atoms with Crippen LogP contribution < -0.4 is 5.56 Å². The average molecular weight is 590 g/mol. The van der Waals surface area contributed by atoms with Gasteiger partial charge in [-0.25, -0.2) is 23.4 Å². The number of benzene rings is 2. The molecule has 2 aliphatic heterocycles. The summed E-state index contributed by atoms with van der Waals surface area (Å²) in [7, 11) is 0. The first-order valence-corrected chi connectivity index (χ1v) is 13.6. The maximum Gasteiger partial charge on any atom is 0.283 e. The summed E-state index contributed by atoms with van der Waals surface area (Å²) in [5.41, 5.74) is 3.36. The number of hydrogen-bond donors (Lipinski definition) is 0. The SMILES string of the molecule is Cc1noc2cc(C3=C(F)N=C(C4C5CC5c5nc(-c6cc(Cl)ccc6-n6cc(C(F)F)nn6)cc(=O)n54)C3)ccc12. The molecule has 8 rings (SSSR count). The lowest BCUT2D eigenvalue weighted by molar-refractivity contribution is 0.146. The first-order valence-electron chi connectivity index (χ1n) is 13.2. The maximum atomic E-state index is 15.3. The van der Waals surface area contributed by atoms with Gasteiger partial charge >= 0.3 is 0 Å². The van der Waals surface area contributed by atoms with Gasteiger partial charge in [-0.2, -0.15) is 4.39 Å². The third kappa shape index (κ3) is 3.78. The molecule has 9 nitrogen and oxygen atoms in total. The smallest absolute Gasteiger partial charge is 0.283 e. The predicted molar refractivity (Wildman–Crippen MR) is 148 cm³/mol.